The highest BCUT2D eigenvalue weighted by Crippen LogP contribution is 2.37. The summed E-state index contributed by atoms with van der Waals surface area (Å²) in [5, 5.41) is 1.17. The van der Waals surface area contributed by atoms with Crippen LogP contribution < -0.4 is 0 Å². The van der Waals surface area contributed by atoms with Gasteiger partial charge < -0.3 is 0 Å². The summed E-state index contributed by atoms with van der Waals surface area (Å²) in [5.41, 5.74) is 1.01. The van der Waals surface area contributed by atoms with Crippen LogP contribution in [-0.2, 0) is 11.3 Å². The van der Waals surface area contributed by atoms with E-state index in [4.69, 9.17) is 46.4 Å². The minimum atomic E-state index is -0.443. The Morgan fingerprint density at radius 1 is 0.880 bits per heavy atom. The van der Waals surface area contributed by atoms with Crippen LogP contribution >= 0.6 is 58.2 Å². The number of hydrogen-bond acceptors (Lipinski definition) is 3. The van der Waals surface area contributed by atoms with Gasteiger partial charge >= 0.3 is 0 Å². The van der Waals surface area contributed by atoms with Gasteiger partial charge in [-0.25, -0.2) is 0 Å². The minimum Gasteiger partial charge on any atom is -0.268 e. The number of halogens is 4. The largest absolute Gasteiger partial charge is 0.293 e. The van der Waals surface area contributed by atoms with Crippen LogP contribution in [0.25, 0.3) is 6.08 Å². The summed E-state index contributed by atoms with van der Waals surface area (Å²) in [6.45, 7) is -0.00321. The Morgan fingerprint density at radius 2 is 1.40 bits per heavy atom. The average Bonchev–Trinajstić information content (AvgIpc) is 2.81. The van der Waals surface area contributed by atoms with Crippen LogP contribution in [0, 0.1) is 0 Å². The monoisotopic (exact) mass is 431 g/mol. The van der Waals surface area contributed by atoms with Crippen molar-refractivity contribution in [2.75, 3.05) is 0 Å². The zero-order valence-electron chi connectivity index (χ0n) is 12.4. The summed E-state index contributed by atoms with van der Waals surface area (Å²) in [4.78, 5) is 26.2. The van der Waals surface area contributed by atoms with Crippen molar-refractivity contribution < 1.29 is 9.59 Å². The van der Waals surface area contributed by atoms with Crippen LogP contribution in [0.15, 0.2) is 41.3 Å². The molecule has 1 aliphatic rings. The molecule has 0 radical (unpaired) electrons. The van der Waals surface area contributed by atoms with Crippen LogP contribution in [0.3, 0.4) is 0 Å². The van der Waals surface area contributed by atoms with Gasteiger partial charge in [0.25, 0.3) is 11.1 Å². The first-order chi connectivity index (χ1) is 11.9. The molecule has 3 nitrogen and oxygen atoms in total. The van der Waals surface area contributed by atoms with E-state index in [0.29, 0.717) is 31.2 Å². The van der Waals surface area contributed by atoms with E-state index < -0.39 is 11.1 Å². The van der Waals surface area contributed by atoms with E-state index in [1.165, 1.54) is 6.08 Å². The predicted octanol–water partition coefficient (Wildman–Crippen LogP) is 6.54. The van der Waals surface area contributed by atoms with Crippen molar-refractivity contribution in [3.05, 3.63) is 72.5 Å². The summed E-state index contributed by atoms with van der Waals surface area (Å²) >= 11 is 25.3. The zero-order valence-corrected chi connectivity index (χ0v) is 16.3. The lowest BCUT2D eigenvalue weighted by molar-refractivity contribution is -0.123. The van der Waals surface area contributed by atoms with E-state index in [1.54, 1.807) is 36.4 Å². The maximum Gasteiger partial charge on any atom is 0.293 e. The molecule has 0 atom stereocenters. The van der Waals surface area contributed by atoms with Crippen molar-refractivity contribution in [1.82, 2.24) is 4.90 Å². The van der Waals surface area contributed by atoms with Gasteiger partial charge in [-0.2, -0.15) is 0 Å². The van der Waals surface area contributed by atoms with Crippen LogP contribution in [0.4, 0.5) is 4.79 Å². The smallest absolute Gasteiger partial charge is 0.268 e. The number of rotatable bonds is 3. The molecule has 0 aromatic heterocycles. The Morgan fingerprint density at radius 3 is 1.96 bits per heavy atom. The Bertz CT molecular complexity index is 873. The maximum absolute atomic E-state index is 12.6. The van der Waals surface area contributed by atoms with Crippen molar-refractivity contribution in [3.63, 3.8) is 0 Å². The van der Waals surface area contributed by atoms with E-state index in [-0.39, 0.29) is 11.4 Å². The highest BCUT2D eigenvalue weighted by Gasteiger charge is 2.36. The highest BCUT2D eigenvalue weighted by molar-refractivity contribution is 8.18. The molecule has 3 rings (SSSR count). The van der Waals surface area contributed by atoms with Crippen LogP contribution in [0.5, 0.6) is 0 Å². The lowest BCUT2D eigenvalue weighted by atomic mass is 10.2. The molecule has 1 fully saturated rings. The standard InChI is InChI=1S/C17H9Cl4NO2S/c18-11-3-1-4-12(19)9(11)7-15-16(23)22(17(24)25-15)8-10-13(20)5-2-6-14(10)21/h1-7H,8H2/b15-7+. The Kier molecular flexibility index (Phi) is 5.66. The van der Waals surface area contributed by atoms with Gasteiger partial charge in [-0.3, -0.25) is 14.5 Å². The lowest BCUT2D eigenvalue weighted by Gasteiger charge is -2.14. The second-order valence-electron chi connectivity index (χ2n) is 5.10. The summed E-state index contributed by atoms with van der Waals surface area (Å²) in [7, 11) is 0. The number of benzene rings is 2. The van der Waals surface area contributed by atoms with Crippen LogP contribution in [0.1, 0.15) is 11.1 Å². The number of carbonyl (C=O) groups excluding carboxylic acids is 2. The molecule has 0 bridgehead atoms. The summed E-state index contributed by atoms with van der Waals surface area (Å²) in [5.74, 6) is -0.443. The predicted molar refractivity (Wildman–Crippen MR) is 104 cm³/mol. The number of imide groups is 1. The quantitative estimate of drug-likeness (QED) is 0.517. The van der Waals surface area contributed by atoms with Crippen molar-refractivity contribution in [3.8, 4) is 0 Å². The molecule has 8 heteroatoms. The number of nitrogens with zero attached hydrogens (tertiary/aromatic N) is 1. The summed E-state index contributed by atoms with van der Waals surface area (Å²) in [6.07, 6.45) is 1.52. The normalized spacial score (nSPS) is 16.2. The molecule has 1 aliphatic heterocycles. The molecule has 0 N–H and O–H groups in total. The van der Waals surface area contributed by atoms with E-state index in [1.807, 2.05) is 0 Å². The molecule has 2 aromatic carbocycles. The minimum absolute atomic E-state index is 0.00321. The molecule has 25 heavy (non-hydrogen) atoms. The number of carbonyl (C=O) groups is 2. The Hall–Kier alpha value is -1.17. The van der Waals surface area contributed by atoms with Crippen LogP contribution in [0.2, 0.25) is 20.1 Å². The second kappa shape index (κ2) is 7.60. The molecule has 0 unspecified atom stereocenters. The molecule has 0 spiro atoms. The average molecular weight is 433 g/mol. The van der Waals surface area contributed by atoms with Gasteiger partial charge in [-0.1, -0.05) is 58.5 Å². The van der Waals surface area contributed by atoms with E-state index in [9.17, 15) is 9.59 Å². The van der Waals surface area contributed by atoms with Gasteiger partial charge in [0.2, 0.25) is 0 Å². The van der Waals surface area contributed by atoms with Gasteiger partial charge in [0, 0.05) is 31.2 Å². The topological polar surface area (TPSA) is 37.4 Å². The van der Waals surface area contributed by atoms with Crippen LogP contribution in [-0.4, -0.2) is 16.0 Å². The second-order valence-corrected chi connectivity index (χ2v) is 7.73. The van der Waals surface area contributed by atoms with Gasteiger partial charge in [0.05, 0.1) is 11.4 Å². The highest BCUT2D eigenvalue weighted by atomic mass is 35.5. The van der Waals surface area contributed by atoms with Gasteiger partial charge in [-0.15, -0.1) is 0 Å². The number of amides is 2. The van der Waals surface area contributed by atoms with Crippen molar-refractivity contribution in [2.24, 2.45) is 0 Å². The number of hydrogen-bond donors (Lipinski definition) is 0. The van der Waals surface area contributed by atoms with Gasteiger partial charge in [0.15, 0.2) is 0 Å². The molecule has 0 saturated carbocycles. The van der Waals surface area contributed by atoms with Crippen molar-refractivity contribution >= 4 is 75.4 Å². The fourth-order valence-electron chi connectivity index (χ4n) is 2.26. The number of thioether (sulfide) groups is 1. The zero-order chi connectivity index (χ0) is 18.1. The van der Waals surface area contributed by atoms with E-state index in [0.717, 1.165) is 16.7 Å². The molecule has 0 aliphatic carbocycles. The fourth-order valence-corrected chi connectivity index (χ4v) is 4.10. The maximum atomic E-state index is 12.6. The molecular weight excluding hydrogens is 424 g/mol. The molecule has 2 amide bonds. The van der Waals surface area contributed by atoms with E-state index in [2.05, 4.69) is 0 Å². The summed E-state index contributed by atoms with van der Waals surface area (Å²) in [6, 6.07) is 10.0. The Labute approximate surface area is 168 Å². The molecule has 1 heterocycles. The fraction of sp³-hybridized carbons (Fsp3) is 0.0588. The summed E-state index contributed by atoms with van der Waals surface area (Å²) < 4.78 is 0. The van der Waals surface area contributed by atoms with Gasteiger partial charge in [0.1, 0.15) is 0 Å². The van der Waals surface area contributed by atoms with Crippen molar-refractivity contribution in [1.29, 1.82) is 0 Å². The molecule has 2 aromatic rings. The molecule has 1 saturated heterocycles. The van der Waals surface area contributed by atoms with Crippen molar-refractivity contribution in [2.45, 2.75) is 6.54 Å². The first-order valence-electron chi connectivity index (χ1n) is 7.00. The van der Waals surface area contributed by atoms with E-state index >= 15 is 0 Å². The third-order valence-corrected chi connectivity index (χ3v) is 5.80. The first kappa shape index (κ1) is 18.6. The third kappa shape index (κ3) is 3.83. The third-order valence-electron chi connectivity index (χ3n) is 3.53. The Balaban J connectivity index is 1.92. The van der Waals surface area contributed by atoms with Gasteiger partial charge in [-0.05, 0) is 42.1 Å². The SMILES string of the molecule is O=C1S/C(=C/c2c(Cl)cccc2Cl)C(=O)N1Cc1c(Cl)cccc1Cl. The molecule has 128 valence electrons. The molecular formula is C17H9Cl4NO2S. The first-order valence-corrected chi connectivity index (χ1v) is 9.33. The lowest BCUT2D eigenvalue weighted by Crippen LogP contribution is -2.27.